The van der Waals surface area contributed by atoms with E-state index in [1.54, 1.807) is 0 Å². The molecule has 0 spiro atoms. The van der Waals surface area contributed by atoms with Crippen molar-refractivity contribution in [3.63, 3.8) is 0 Å². The average Bonchev–Trinajstić information content (AvgIpc) is 2.18. The Balaban J connectivity index is 2.73. The molecule has 0 saturated heterocycles. The van der Waals surface area contributed by atoms with Gasteiger partial charge in [-0.15, -0.1) is 11.6 Å². The van der Waals surface area contributed by atoms with Crippen LogP contribution in [0.4, 0.5) is 0 Å². The van der Waals surface area contributed by atoms with E-state index in [0.29, 0.717) is 6.54 Å². The van der Waals surface area contributed by atoms with Gasteiger partial charge in [0.2, 0.25) is 5.91 Å². The summed E-state index contributed by atoms with van der Waals surface area (Å²) in [7, 11) is 0. The highest BCUT2D eigenvalue weighted by atomic mass is 79.9. The van der Waals surface area contributed by atoms with Gasteiger partial charge in [0.1, 0.15) is 5.38 Å². The largest absolute Gasteiger partial charge is 0.355 e. The van der Waals surface area contributed by atoms with Crippen LogP contribution in [-0.2, 0) is 4.79 Å². The molecule has 1 aromatic carbocycles. The van der Waals surface area contributed by atoms with E-state index in [0.717, 1.165) is 10.0 Å². The van der Waals surface area contributed by atoms with Crippen molar-refractivity contribution in [2.75, 3.05) is 6.54 Å². The molecule has 0 aliphatic rings. The van der Waals surface area contributed by atoms with Crippen LogP contribution < -0.4 is 5.32 Å². The molecule has 0 aromatic heterocycles. The maximum absolute atomic E-state index is 11.4. The molecule has 1 atom stereocenters. The predicted octanol–water partition coefficient (Wildman–Crippen LogP) is 2.87. The summed E-state index contributed by atoms with van der Waals surface area (Å²) in [6.45, 7) is 2.46. The van der Waals surface area contributed by atoms with Crippen LogP contribution in [0.3, 0.4) is 0 Å². The highest BCUT2D eigenvalue weighted by molar-refractivity contribution is 9.10. The summed E-state index contributed by atoms with van der Waals surface area (Å²) in [6, 6.07) is 7.39. The van der Waals surface area contributed by atoms with Gasteiger partial charge in [-0.1, -0.05) is 28.1 Å². The third-order valence-electron chi connectivity index (χ3n) is 1.74. The molecule has 1 rings (SSSR count). The lowest BCUT2D eigenvalue weighted by Crippen LogP contribution is -2.26. The monoisotopic (exact) mass is 275 g/mol. The number of amides is 1. The molecular weight excluding hydrogens is 265 g/mol. The number of hydrogen-bond donors (Lipinski definition) is 1. The Labute approximate surface area is 96.8 Å². The molecule has 1 unspecified atom stereocenters. The van der Waals surface area contributed by atoms with Gasteiger partial charge >= 0.3 is 0 Å². The van der Waals surface area contributed by atoms with Gasteiger partial charge in [0.05, 0.1) is 0 Å². The molecule has 1 aromatic rings. The predicted molar refractivity (Wildman–Crippen MR) is 61.4 cm³/mol. The summed E-state index contributed by atoms with van der Waals surface area (Å²) in [5.74, 6) is -0.156. The lowest BCUT2D eigenvalue weighted by molar-refractivity contribution is -0.120. The van der Waals surface area contributed by atoms with Crippen LogP contribution in [0, 0.1) is 0 Å². The van der Waals surface area contributed by atoms with E-state index in [-0.39, 0.29) is 5.91 Å². The van der Waals surface area contributed by atoms with Gasteiger partial charge in [-0.3, -0.25) is 4.79 Å². The Morgan fingerprint density at radius 3 is 2.57 bits per heavy atom. The highest BCUT2D eigenvalue weighted by Crippen LogP contribution is 2.22. The first-order valence-corrected chi connectivity index (χ1v) is 5.55. The van der Waals surface area contributed by atoms with E-state index in [1.807, 2.05) is 31.2 Å². The number of likely N-dealkylation sites (N-methyl/N-ethyl adjacent to an activating group) is 1. The summed E-state index contributed by atoms with van der Waals surface area (Å²) in [4.78, 5) is 11.4. The highest BCUT2D eigenvalue weighted by Gasteiger charge is 2.15. The van der Waals surface area contributed by atoms with Gasteiger partial charge in [-0.2, -0.15) is 0 Å². The molecule has 1 N–H and O–H groups in total. The van der Waals surface area contributed by atoms with Crippen molar-refractivity contribution in [1.82, 2.24) is 5.32 Å². The van der Waals surface area contributed by atoms with E-state index < -0.39 is 5.38 Å². The maximum Gasteiger partial charge on any atom is 0.242 e. The van der Waals surface area contributed by atoms with Crippen molar-refractivity contribution in [3.05, 3.63) is 34.3 Å². The minimum atomic E-state index is -0.608. The van der Waals surface area contributed by atoms with E-state index in [1.165, 1.54) is 0 Å². The molecule has 0 fully saturated rings. The third-order valence-corrected chi connectivity index (χ3v) is 2.72. The Hall–Kier alpha value is -0.540. The standard InChI is InChI=1S/C10H11BrClNO/c1-2-13-10(14)9(12)7-3-5-8(11)6-4-7/h3-6,9H,2H2,1H3,(H,13,14). The van der Waals surface area contributed by atoms with Gasteiger partial charge in [0.25, 0.3) is 0 Å². The van der Waals surface area contributed by atoms with E-state index >= 15 is 0 Å². The van der Waals surface area contributed by atoms with Crippen LogP contribution >= 0.6 is 27.5 Å². The van der Waals surface area contributed by atoms with Crippen LogP contribution in [0.25, 0.3) is 0 Å². The maximum atomic E-state index is 11.4. The van der Waals surface area contributed by atoms with Crippen LogP contribution in [0.5, 0.6) is 0 Å². The topological polar surface area (TPSA) is 29.1 Å². The number of halogens is 2. The second-order valence-electron chi connectivity index (χ2n) is 2.81. The fourth-order valence-electron chi connectivity index (χ4n) is 1.05. The first kappa shape index (κ1) is 11.5. The molecule has 1 amide bonds. The molecule has 0 bridgehead atoms. The molecule has 0 aliphatic carbocycles. The Morgan fingerprint density at radius 1 is 1.50 bits per heavy atom. The van der Waals surface area contributed by atoms with Gasteiger partial charge in [0, 0.05) is 11.0 Å². The summed E-state index contributed by atoms with van der Waals surface area (Å²) < 4.78 is 0.973. The smallest absolute Gasteiger partial charge is 0.242 e. The lowest BCUT2D eigenvalue weighted by Gasteiger charge is -2.09. The Morgan fingerprint density at radius 2 is 2.07 bits per heavy atom. The summed E-state index contributed by atoms with van der Waals surface area (Å²) in [6.07, 6.45) is 0. The van der Waals surface area contributed by atoms with Crippen molar-refractivity contribution < 1.29 is 4.79 Å². The van der Waals surface area contributed by atoms with Gasteiger partial charge < -0.3 is 5.32 Å². The van der Waals surface area contributed by atoms with Crippen LogP contribution in [0.2, 0.25) is 0 Å². The van der Waals surface area contributed by atoms with Gasteiger partial charge in [-0.25, -0.2) is 0 Å². The summed E-state index contributed by atoms with van der Waals surface area (Å²) >= 11 is 9.28. The molecular formula is C10H11BrClNO. The Kier molecular flexibility index (Phi) is 4.42. The fraction of sp³-hybridized carbons (Fsp3) is 0.300. The van der Waals surface area contributed by atoms with Crippen LogP contribution in [-0.4, -0.2) is 12.5 Å². The quantitative estimate of drug-likeness (QED) is 0.845. The number of benzene rings is 1. The normalized spacial score (nSPS) is 12.2. The average molecular weight is 277 g/mol. The van der Waals surface area contributed by atoms with Crippen molar-refractivity contribution in [2.24, 2.45) is 0 Å². The minimum Gasteiger partial charge on any atom is -0.355 e. The number of carbonyl (C=O) groups excluding carboxylic acids is 1. The molecule has 14 heavy (non-hydrogen) atoms. The second-order valence-corrected chi connectivity index (χ2v) is 4.16. The number of hydrogen-bond acceptors (Lipinski definition) is 1. The second kappa shape index (κ2) is 5.37. The fourth-order valence-corrected chi connectivity index (χ4v) is 1.53. The summed E-state index contributed by atoms with van der Waals surface area (Å²) in [5, 5.41) is 2.07. The van der Waals surface area contributed by atoms with E-state index in [9.17, 15) is 4.79 Å². The molecule has 0 heterocycles. The summed E-state index contributed by atoms with van der Waals surface area (Å²) in [5.41, 5.74) is 0.806. The number of rotatable bonds is 3. The number of nitrogens with one attached hydrogen (secondary N) is 1. The lowest BCUT2D eigenvalue weighted by atomic mass is 10.1. The van der Waals surface area contributed by atoms with Crippen LogP contribution in [0.15, 0.2) is 28.7 Å². The van der Waals surface area contributed by atoms with Gasteiger partial charge in [-0.05, 0) is 24.6 Å². The van der Waals surface area contributed by atoms with Crippen molar-refractivity contribution in [3.8, 4) is 0 Å². The molecule has 2 nitrogen and oxygen atoms in total. The zero-order chi connectivity index (χ0) is 10.6. The molecule has 4 heteroatoms. The molecule has 76 valence electrons. The first-order valence-electron chi connectivity index (χ1n) is 4.32. The number of carbonyl (C=O) groups is 1. The molecule has 0 aliphatic heterocycles. The first-order chi connectivity index (χ1) is 6.65. The molecule has 0 radical (unpaired) electrons. The number of alkyl halides is 1. The van der Waals surface area contributed by atoms with Crippen molar-refractivity contribution in [1.29, 1.82) is 0 Å². The SMILES string of the molecule is CCNC(=O)C(Cl)c1ccc(Br)cc1. The van der Waals surface area contributed by atoms with E-state index in [2.05, 4.69) is 21.2 Å². The van der Waals surface area contributed by atoms with Crippen LogP contribution in [0.1, 0.15) is 17.9 Å². The third kappa shape index (κ3) is 3.00. The zero-order valence-electron chi connectivity index (χ0n) is 7.76. The molecule has 0 saturated carbocycles. The minimum absolute atomic E-state index is 0.156. The zero-order valence-corrected chi connectivity index (χ0v) is 10.1. The Bertz CT molecular complexity index is 312. The van der Waals surface area contributed by atoms with Crippen molar-refractivity contribution in [2.45, 2.75) is 12.3 Å². The van der Waals surface area contributed by atoms with Crippen molar-refractivity contribution >= 4 is 33.4 Å². The van der Waals surface area contributed by atoms with Gasteiger partial charge in [0.15, 0.2) is 0 Å². The van der Waals surface area contributed by atoms with E-state index in [4.69, 9.17) is 11.6 Å².